The average molecular weight is 423 g/mol. The number of nitrogens with zero attached hydrogens (tertiary/aromatic N) is 2. The third-order valence-electron chi connectivity index (χ3n) is 7.67. The van der Waals surface area contributed by atoms with Gasteiger partial charge in [-0.3, -0.25) is 4.79 Å². The molecule has 0 radical (unpaired) electrons. The highest BCUT2D eigenvalue weighted by molar-refractivity contribution is 5.82. The van der Waals surface area contributed by atoms with Crippen molar-refractivity contribution in [1.29, 1.82) is 0 Å². The molecule has 1 aromatic rings. The number of amides is 1. The molecule has 1 aliphatic heterocycles. The van der Waals surface area contributed by atoms with E-state index in [1.54, 1.807) is 6.07 Å². The maximum Gasteiger partial charge on any atom is 0.416 e. The van der Waals surface area contributed by atoms with Gasteiger partial charge in [-0.2, -0.15) is 13.2 Å². The van der Waals surface area contributed by atoms with E-state index in [2.05, 4.69) is 4.90 Å². The van der Waals surface area contributed by atoms with Gasteiger partial charge in [0.2, 0.25) is 5.91 Å². The van der Waals surface area contributed by atoms with Crippen molar-refractivity contribution in [3.8, 4) is 0 Å². The molecule has 4 rings (SSSR count). The zero-order chi connectivity index (χ0) is 21.4. The zero-order valence-corrected chi connectivity index (χ0v) is 17.9. The molecule has 6 heteroatoms. The fraction of sp³-hybridized carbons (Fsp3) is 0.708. The van der Waals surface area contributed by atoms with Crippen molar-refractivity contribution in [3.63, 3.8) is 0 Å². The van der Waals surface area contributed by atoms with Crippen LogP contribution in [0.5, 0.6) is 0 Å². The highest BCUT2D eigenvalue weighted by atomic mass is 19.4. The second kappa shape index (κ2) is 8.52. The molecular formula is C24H33F3N2O. The maximum absolute atomic E-state index is 12.9. The van der Waals surface area contributed by atoms with Crippen LogP contribution in [0.2, 0.25) is 0 Å². The van der Waals surface area contributed by atoms with Crippen LogP contribution in [-0.2, 0) is 17.4 Å². The fourth-order valence-corrected chi connectivity index (χ4v) is 5.65. The van der Waals surface area contributed by atoms with Gasteiger partial charge in [0.15, 0.2) is 0 Å². The van der Waals surface area contributed by atoms with Gasteiger partial charge in [-0.15, -0.1) is 0 Å². The average Bonchev–Trinajstić information content (AvgIpc) is 3.22. The Balaban J connectivity index is 1.19. The van der Waals surface area contributed by atoms with E-state index < -0.39 is 11.7 Å². The van der Waals surface area contributed by atoms with Crippen LogP contribution in [0.25, 0.3) is 0 Å². The maximum atomic E-state index is 12.9. The standard InChI is InChI=1S/C24H33F3N2O/c1-28(22(30)21-16-23(21)10-2-3-11-23)17-19-8-13-29(14-9-19)12-7-18-5-4-6-20(15-18)24(25,26)27/h4-6,15,19,21H,2-3,7-14,16-17H2,1H3/t21-/m1/s1. The summed E-state index contributed by atoms with van der Waals surface area (Å²) in [5.74, 6) is 1.16. The molecule has 30 heavy (non-hydrogen) atoms. The van der Waals surface area contributed by atoms with Gasteiger partial charge < -0.3 is 9.80 Å². The van der Waals surface area contributed by atoms with Crippen molar-refractivity contribution in [3.05, 3.63) is 35.4 Å². The Hall–Kier alpha value is -1.56. The summed E-state index contributed by atoms with van der Waals surface area (Å²) in [6, 6.07) is 5.66. The van der Waals surface area contributed by atoms with Crippen LogP contribution in [-0.4, -0.2) is 48.9 Å². The Labute approximate surface area is 177 Å². The van der Waals surface area contributed by atoms with Gasteiger partial charge in [-0.25, -0.2) is 0 Å². The minimum atomic E-state index is -4.28. The third kappa shape index (κ3) is 4.84. The molecule has 0 aromatic heterocycles. The first kappa shape index (κ1) is 21.7. The van der Waals surface area contributed by atoms with E-state index in [9.17, 15) is 18.0 Å². The van der Waals surface area contributed by atoms with Gasteiger partial charge in [0.1, 0.15) is 0 Å². The quantitative estimate of drug-likeness (QED) is 0.644. The summed E-state index contributed by atoms with van der Waals surface area (Å²) in [7, 11) is 1.96. The van der Waals surface area contributed by atoms with Crippen molar-refractivity contribution in [2.75, 3.05) is 33.2 Å². The zero-order valence-electron chi connectivity index (χ0n) is 17.9. The van der Waals surface area contributed by atoms with Gasteiger partial charge >= 0.3 is 6.18 Å². The summed E-state index contributed by atoms with van der Waals surface area (Å²) >= 11 is 0. The fourth-order valence-electron chi connectivity index (χ4n) is 5.65. The minimum absolute atomic E-state index is 0.276. The second-order valence-electron chi connectivity index (χ2n) is 9.78. The van der Waals surface area contributed by atoms with Gasteiger partial charge in [0, 0.05) is 26.1 Å². The van der Waals surface area contributed by atoms with Crippen LogP contribution in [0.1, 0.15) is 56.1 Å². The lowest BCUT2D eigenvalue weighted by Gasteiger charge is -2.34. The molecule has 3 nitrogen and oxygen atoms in total. The number of piperidine rings is 1. The monoisotopic (exact) mass is 422 g/mol. The predicted octanol–water partition coefficient (Wildman–Crippen LogP) is 5.00. The largest absolute Gasteiger partial charge is 0.416 e. The van der Waals surface area contributed by atoms with E-state index in [1.165, 1.54) is 37.8 Å². The van der Waals surface area contributed by atoms with Crippen LogP contribution in [0.3, 0.4) is 0 Å². The molecule has 166 valence electrons. The molecule has 0 bridgehead atoms. The topological polar surface area (TPSA) is 23.6 Å². The Morgan fingerprint density at radius 1 is 1.20 bits per heavy atom. The van der Waals surface area contributed by atoms with Gasteiger partial charge in [-0.1, -0.05) is 31.0 Å². The number of halogens is 3. The first-order chi connectivity index (χ1) is 14.3. The first-order valence-corrected chi connectivity index (χ1v) is 11.4. The summed E-state index contributed by atoms with van der Waals surface area (Å²) in [5, 5.41) is 0. The summed E-state index contributed by atoms with van der Waals surface area (Å²) < 4.78 is 38.6. The van der Waals surface area contributed by atoms with Crippen molar-refractivity contribution in [2.45, 2.75) is 57.5 Å². The van der Waals surface area contributed by atoms with E-state index in [4.69, 9.17) is 0 Å². The summed E-state index contributed by atoms with van der Waals surface area (Å²) in [5.41, 5.74) is 0.530. The second-order valence-corrected chi connectivity index (χ2v) is 9.78. The normalized spacial score (nSPS) is 24.3. The minimum Gasteiger partial charge on any atom is -0.345 e. The predicted molar refractivity (Wildman–Crippen MR) is 111 cm³/mol. The van der Waals surface area contributed by atoms with Crippen LogP contribution >= 0.6 is 0 Å². The summed E-state index contributed by atoms with van der Waals surface area (Å²) in [6.45, 7) is 3.54. The number of hydrogen-bond donors (Lipinski definition) is 0. The molecule has 1 spiro atoms. The number of rotatable bonds is 6. The van der Waals surface area contributed by atoms with Crippen molar-refractivity contribution in [1.82, 2.24) is 9.80 Å². The number of hydrogen-bond acceptors (Lipinski definition) is 2. The van der Waals surface area contributed by atoms with E-state index in [0.29, 0.717) is 23.7 Å². The van der Waals surface area contributed by atoms with E-state index in [-0.39, 0.29) is 5.92 Å². The lowest BCUT2D eigenvalue weighted by molar-refractivity contribution is -0.137. The summed E-state index contributed by atoms with van der Waals surface area (Å²) in [6.07, 6.45) is 4.60. The number of benzene rings is 1. The SMILES string of the molecule is CN(CC1CCN(CCc2cccc(C(F)(F)F)c2)CC1)C(=O)[C@H]1CC12CCCC2. The molecule has 1 heterocycles. The van der Waals surface area contributed by atoms with Crippen LogP contribution in [0.15, 0.2) is 24.3 Å². The third-order valence-corrected chi connectivity index (χ3v) is 7.67. The molecular weight excluding hydrogens is 389 g/mol. The molecule has 0 unspecified atom stereocenters. The lowest BCUT2D eigenvalue weighted by Crippen LogP contribution is -2.40. The molecule has 2 aliphatic carbocycles. The van der Waals surface area contributed by atoms with Gasteiger partial charge in [-0.05, 0) is 74.6 Å². The van der Waals surface area contributed by atoms with E-state index >= 15 is 0 Å². The van der Waals surface area contributed by atoms with E-state index in [0.717, 1.165) is 57.1 Å². The van der Waals surface area contributed by atoms with Crippen molar-refractivity contribution < 1.29 is 18.0 Å². The van der Waals surface area contributed by atoms with Crippen molar-refractivity contribution >= 4 is 5.91 Å². The molecule has 1 atom stereocenters. The number of alkyl halides is 3. The number of carbonyl (C=O) groups excluding carboxylic acids is 1. The van der Waals surface area contributed by atoms with Crippen LogP contribution in [0.4, 0.5) is 13.2 Å². The molecule has 1 saturated heterocycles. The Morgan fingerprint density at radius 3 is 2.57 bits per heavy atom. The Morgan fingerprint density at radius 2 is 1.90 bits per heavy atom. The molecule has 0 N–H and O–H groups in total. The molecule has 1 amide bonds. The number of carbonyl (C=O) groups is 1. The molecule has 3 fully saturated rings. The highest BCUT2D eigenvalue weighted by Gasteiger charge is 2.59. The van der Waals surface area contributed by atoms with Gasteiger partial charge in [0.05, 0.1) is 5.56 Å². The first-order valence-electron chi connectivity index (χ1n) is 11.4. The van der Waals surface area contributed by atoms with Crippen LogP contribution < -0.4 is 0 Å². The Bertz CT molecular complexity index is 749. The van der Waals surface area contributed by atoms with Crippen LogP contribution in [0, 0.1) is 17.3 Å². The lowest BCUT2D eigenvalue weighted by atomic mass is 9.95. The van der Waals surface area contributed by atoms with Gasteiger partial charge in [0.25, 0.3) is 0 Å². The molecule has 3 aliphatic rings. The molecule has 1 aromatic carbocycles. The summed E-state index contributed by atoms with van der Waals surface area (Å²) in [4.78, 5) is 17.1. The highest BCUT2D eigenvalue weighted by Crippen LogP contribution is 2.63. The van der Waals surface area contributed by atoms with E-state index in [1.807, 2.05) is 11.9 Å². The smallest absolute Gasteiger partial charge is 0.345 e. The molecule has 2 saturated carbocycles. The number of likely N-dealkylation sites (tertiary alicyclic amines) is 1. The van der Waals surface area contributed by atoms with Crippen molar-refractivity contribution in [2.24, 2.45) is 17.3 Å². The Kier molecular flexibility index (Phi) is 6.16.